The molecule has 4 aromatic carbocycles. The number of aromatic hydroxyl groups is 1. The first-order chi connectivity index (χ1) is 19.0. The molecule has 41 heavy (non-hydrogen) atoms. The van der Waals surface area contributed by atoms with E-state index in [1.165, 1.54) is 10.9 Å². The molecular weight excluding hydrogens is 523 g/mol. The van der Waals surface area contributed by atoms with E-state index in [2.05, 4.69) is 64.7 Å². The third kappa shape index (κ3) is 5.54. The van der Waals surface area contributed by atoms with E-state index in [0.717, 1.165) is 35.2 Å². The molecule has 1 N–H and O–H groups in total. The van der Waals surface area contributed by atoms with Crippen LogP contribution in [0.15, 0.2) is 72.8 Å². The van der Waals surface area contributed by atoms with Gasteiger partial charge in [0.1, 0.15) is 22.5 Å². The minimum Gasteiger partial charge on any atom is -0.505 e. The number of phenols is 1. The molecule has 0 atom stereocenters. The van der Waals surface area contributed by atoms with Gasteiger partial charge in [-0.3, -0.25) is 0 Å². The number of phenolic OH excluding ortho intramolecular Hbond substituents is 1. The molecule has 7 heteroatoms. The number of halogens is 3. The maximum absolute atomic E-state index is 13.3. The van der Waals surface area contributed by atoms with Crippen LogP contribution in [-0.2, 0) is 17.0 Å². The largest absolute Gasteiger partial charge is 0.505 e. The fourth-order valence-corrected chi connectivity index (χ4v) is 6.02. The molecule has 4 nitrogen and oxygen atoms in total. The summed E-state index contributed by atoms with van der Waals surface area (Å²) in [6.07, 6.45) is -3.54. The molecule has 1 aromatic heterocycles. The van der Waals surface area contributed by atoms with E-state index >= 15 is 0 Å². The summed E-state index contributed by atoms with van der Waals surface area (Å²) in [6, 6.07) is 21.1. The molecule has 0 unspecified atom stereocenters. The molecule has 1 heterocycles. The molecule has 0 spiro atoms. The zero-order chi connectivity index (χ0) is 30.0. The number of hydrogen-bond acceptors (Lipinski definition) is 3. The van der Waals surface area contributed by atoms with Gasteiger partial charge in [0, 0.05) is 11.0 Å². The molecular formula is C34H36F3N3O. The summed E-state index contributed by atoms with van der Waals surface area (Å²) in [4.78, 5) is 1.41. The number of aromatic nitrogens is 3. The maximum atomic E-state index is 13.3. The van der Waals surface area contributed by atoms with Crippen molar-refractivity contribution in [1.29, 1.82) is 0 Å². The summed E-state index contributed by atoms with van der Waals surface area (Å²) >= 11 is 0. The first kappa shape index (κ1) is 28.7. The zero-order valence-electron chi connectivity index (χ0n) is 24.6. The minimum absolute atomic E-state index is 0.0602. The zero-order valence-corrected chi connectivity index (χ0v) is 24.6. The average molecular weight is 560 g/mol. The van der Waals surface area contributed by atoms with E-state index in [-0.39, 0.29) is 16.6 Å². The lowest BCUT2D eigenvalue weighted by molar-refractivity contribution is -0.137. The Morgan fingerprint density at radius 2 is 1.29 bits per heavy atom. The molecule has 214 valence electrons. The normalized spacial score (nSPS) is 13.3. The lowest BCUT2D eigenvalue weighted by atomic mass is 9.70. The van der Waals surface area contributed by atoms with Crippen LogP contribution in [0.2, 0.25) is 0 Å². The highest BCUT2D eigenvalue weighted by Crippen LogP contribution is 2.45. The van der Waals surface area contributed by atoms with Crippen molar-refractivity contribution in [2.24, 2.45) is 5.41 Å². The maximum Gasteiger partial charge on any atom is 0.416 e. The second-order valence-corrected chi connectivity index (χ2v) is 13.4. The predicted molar refractivity (Wildman–Crippen MR) is 159 cm³/mol. The Balaban J connectivity index is 1.73. The average Bonchev–Trinajstić information content (AvgIpc) is 3.28. The quantitative estimate of drug-likeness (QED) is 0.233. The van der Waals surface area contributed by atoms with Gasteiger partial charge in [-0.05, 0) is 69.5 Å². The number of fused-ring (bicyclic) bond motifs is 2. The van der Waals surface area contributed by atoms with Crippen LogP contribution in [0.5, 0.6) is 5.75 Å². The van der Waals surface area contributed by atoms with Gasteiger partial charge in [-0.25, -0.2) is 0 Å². The molecule has 0 aliphatic rings. The van der Waals surface area contributed by atoms with E-state index < -0.39 is 17.2 Å². The number of rotatable bonds is 5. The van der Waals surface area contributed by atoms with Gasteiger partial charge in [0.2, 0.25) is 0 Å². The van der Waals surface area contributed by atoms with Crippen molar-refractivity contribution in [1.82, 2.24) is 15.0 Å². The van der Waals surface area contributed by atoms with Gasteiger partial charge in [0.25, 0.3) is 0 Å². The van der Waals surface area contributed by atoms with Gasteiger partial charge in [-0.15, -0.1) is 15.0 Å². The van der Waals surface area contributed by atoms with Crippen LogP contribution >= 0.6 is 0 Å². The molecule has 0 radical (unpaired) electrons. The first-order valence-electron chi connectivity index (χ1n) is 13.8. The fraction of sp³-hybridized carbons (Fsp3) is 0.353. The standard InChI is InChI=1S/C34H36F3N3O/c1-31(2,3)20-32(4,5)25-18-26(33(6,7)23-11-9-8-10-12-23)30(41)29(19-25)40-38-27-16-21-13-14-24(34(35,36)37)15-22(21)17-28(27)39-40/h8-19,41H,20H2,1-7H3. The summed E-state index contributed by atoms with van der Waals surface area (Å²) in [5.74, 6) is 0.0679. The molecule has 0 saturated carbocycles. The second-order valence-electron chi connectivity index (χ2n) is 13.4. The Morgan fingerprint density at radius 3 is 1.88 bits per heavy atom. The topological polar surface area (TPSA) is 50.9 Å². The number of alkyl halides is 3. The molecule has 0 bridgehead atoms. The van der Waals surface area contributed by atoms with Crippen molar-refractivity contribution in [3.8, 4) is 11.4 Å². The predicted octanol–water partition coefficient (Wildman–Crippen LogP) is 9.34. The lowest BCUT2D eigenvalue weighted by Crippen LogP contribution is -2.27. The summed E-state index contributed by atoms with van der Waals surface area (Å²) in [5.41, 5.74) is 2.82. The summed E-state index contributed by atoms with van der Waals surface area (Å²) in [6.45, 7) is 15.2. The number of hydrogen-bond donors (Lipinski definition) is 1. The van der Waals surface area contributed by atoms with Crippen molar-refractivity contribution in [3.05, 3.63) is 95.1 Å². The van der Waals surface area contributed by atoms with Crippen LogP contribution in [0.1, 0.15) is 77.1 Å². The lowest BCUT2D eigenvalue weighted by Gasteiger charge is -2.35. The van der Waals surface area contributed by atoms with Crippen molar-refractivity contribution >= 4 is 21.8 Å². The van der Waals surface area contributed by atoms with Crippen LogP contribution in [0.4, 0.5) is 13.2 Å². The Morgan fingerprint density at radius 1 is 0.683 bits per heavy atom. The van der Waals surface area contributed by atoms with E-state index in [1.807, 2.05) is 36.4 Å². The Bertz CT molecular complexity index is 1740. The van der Waals surface area contributed by atoms with Crippen LogP contribution in [0.3, 0.4) is 0 Å². The molecule has 0 saturated heterocycles. The summed E-state index contributed by atoms with van der Waals surface area (Å²) < 4.78 is 40.0. The Kier molecular flexibility index (Phi) is 6.71. The first-order valence-corrected chi connectivity index (χ1v) is 13.8. The van der Waals surface area contributed by atoms with Gasteiger partial charge < -0.3 is 5.11 Å². The van der Waals surface area contributed by atoms with Crippen molar-refractivity contribution < 1.29 is 18.3 Å². The molecule has 0 fully saturated rings. The van der Waals surface area contributed by atoms with Gasteiger partial charge in [0.15, 0.2) is 0 Å². The molecule has 0 aliphatic carbocycles. The molecule has 5 aromatic rings. The Hall–Kier alpha value is -3.87. The SMILES string of the molecule is CC(C)(C)CC(C)(C)c1cc(-n2nc3cc4ccc(C(F)(F)F)cc4cc3n2)c(O)c(C(C)(C)c2ccccc2)c1. The van der Waals surface area contributed by atoms with E-state index in [4.69, 9.17) is 0 Å². The smallest absolute Gasteiger partial charge is 0.416 e. The third-order valence-electron chi connectivity index (χ3n) is 7.89. The monoisotopic (exact) mass is 559 g/mol. The van der Waals surface area contributed by atoms with Gasteiger partial charge >= 0.3 is 6.18 Å². The summed E-state index contributed by atoms with van der Waals surface area (Å²) in [7, 11) is 0. The molecule has 0 aliphatic heterocycles. The Labute approximate surface area is 238 Å². The summed E-state index contributed by atoms with van der Waals surface area (Å²) in [5, 5.41) is 22.2. The van der Waals surface area contributed by atoms with E-state index in [0.29, 0.717) is 27.5 Å². The van der Waals surface area contributed by atoms with Crippen molar-refractivity contribution in [2.75, 3.05) is 0 Å². The van der Waals surface area contributed by atoms with Crippen molar-refractivity contribution in [3.63, 3.8) is 0 Å². The van der Waals surface area contributed by atoms with Gasteiger partial charge in [-0.1, -0.05) is 90.9 Å². The van der Waals surface area contributed by atoms with Gasteiger partial charge in [-0.2, -0.15) is 13.2 Å². The second kappa shape index (κ2) is 9.61. The fourth-order valence-electron chi connectivity index (χ4n) is 6.02. The van der Waals surface area contributed by atoms with Crippen LogP contribution in [0.25, 0.3) is 27.5 Å². The van der Waals surface area contributed by atoms with Crippen LogP contribution < -0.4 is 0 Å². The van der Waals surface area contributed by atoms with Crippen molar-refractivity contribution in [2.45, 2.75) is 71.9 Å². The van der Waals surface area contributed by atoms with E-state index in [9.17, 15) is 18.3 Å². The van der Waals surface area contributed by atoms with Crippen LogP contribution in [0, 0.1) is 5.41 Å². The van der Waals surface area contributed by atoms with Gasteiger partial charge in [0.05, 0.1) is 5.56 Å². The molecule has 0 amide bonds. The van der Waals surface area contributed by atoms with Crippen LogP contribution in [-0.4, -0.2) is 20.1 Å². The molecule has 5 rings (SSSR count). The highest BCUT2D eigenvalue weighted by molar-refractivity contribution is 5.95. The van der Waals surface area contributed by atoms with E-state index in [1.54, 1.807) is 12.1 Å². The highest BCUT2D eigenvalue weighted by Gasteiger charge is 2.34. The number of benzene rings is 4. The number of nitrogens with zero attached hydrogens (tertiary/aromatic N) is 3. The third-order valence-corrected chi connectivity index (χ3v) is 7.89. The minimum atomic E-state index is -4.44. The highest BCUT2D eigenvalue weighted by atomic mass is 19.4.